The summed E-state index contributed by atoms with van der Waals surface area (Å²) in [6, 6.07) is 75.5. The van der Waals surface area contributed by atoms with Gasteiger partial charge >= 0.3 is 0 Å². The topological polar surface area (TPSA) is 6.48 Å². The number of anilines is 6. The monoisotopic (exact) mass is 806 g/mol. The van der Waals surface area contributed by atoms with Crippen molar-refractivity contribution in [1.82, 2.24) is 0 Å². The van der Waals surface area contributed by atoms with Crippen LogP contribution in [0.4, 0.5) is 34.1 Å². The van der Waals surface area contributed by atoms with Crippen molar-refractivity contribution < 1.29 is 0 Å². The lowest BCUT2D eigenvalue weighted by atomic mass is 10.0. The molecule has 0 bridgehead atoms. The van der Waals surface area contributed by atoms with Gasteiger partial charge in [-0.15, -0.1) is 34.0 Å². The number of hydrogen-bond acceptors (Lipinski definition) is 5. The van der Waals surface area contributed by atoms with Crippen LogP contribution < -0.4 is 9.80 Å². The van der Waals surface area contributed by atoms with Gasteiger partial charge in [0.25, 0.3) is 0 Å². The molecule has 0 N–H and O–H groups in total. The molecular formula is C54H34N2S3. The molecule has 0 saturated heterocycles. The van der Waals surface area contributed by atoms with Crippen LogP contribution in [-0.4, -0.2) is 0 Å². The van der Waals surface area contributed by atoms with E-state index in [9.17, 15) is 0 Å². The largest absolute Gasteiger partial charge is 0.310 e. The smallest absolute Gasteiger partial charge is 0.0476 e. The van der Waals surface area contributed by atoms with E-state index < -0.39 is 0 Å². The average Bonchev–Trinajstić information content (AvgIpc) is 3.98. The van der Waals surface area contributed by atoms with Crippen LogP contribution in [0.2, 0.25) is 0 Å². The third kappa shape index (κ3) is 5.81. The predicted octanol–water partition coefficient (Wildman–Crippen LogP) is 17.4. The van der Waals surface area contributed by atoms with Crippen LogP contribution in [0.3, 0.4) is 0 Å². The SMILES string of the molecule is c1ccc(N(c2ccccc2)c2ccc3sc4cc(N(c5ccc(-c6cccc7c6sc6ccccc67)cc5)c5ccc6sc7ccccc7c6c5)ccc4c3c2)cc1. The highest BCUT2D eigenvalue weighted by Gasteiger charge is 2.19. The summed E-state index contributed by atoms with van der Waals surface area (Å²) in [7, 11) is 0. The minimum absolute atomic E-state index is 1.13. The Kier molecular flexibility index (Phi) is 8.12. The van der Waals surface area contributed by atoms with Gasteiger partial charge in [-0.2, -0.15) is 0 Å². The van der Waals surface area contributed by atoms with Crippen LogP contribution in [0.25, 0.3) is 71.6 Å². The van der Waals surface area contributed by atoms with E-state index in [1.807, 2.05) is 34.0 Å². The molecule has 278 valence electrons. The fraction of sp³-hybridized carbons (Fsp3) is 0. The molecule has 5 heteroatoms. The van der Waals surface area contributed by atoms with Gasteiger partial charge in [0.15, 0.2) is 0 Å². The van der Waals surface area contributed by atoms with Crippen LogP contribution >= 0.6 is 34.0 Å². The Bertz CT molecular complexity index is 3470. The average molecular weight is 807 g/mol. The van der Waals surface area contributed by atoms with Gasteiger partial charge in [-0.3, -0.25) is 0 Å². The maximum Gasteiger partial charge on any atom is 0.0476 e. The Balaban J connectivity index is 0.992. The van der Waals surface area contributed by atoms with Crippen LogP contribution in [0, 0.1) is 0 Å². The van der Waals surface area contributed by atoms with Crippen LogP contribution in [0.1, 0.15) is 0 Å². The molecule has 3 heterocycles. The molecule has 0 aliphatic carbocycles. The molecule has 0 radical (unpaired) electrons. The second kappa shape index (κ2) is 14.0. The summed E-state index contributed by atoms with van der Waals surface area (Å²) in [4.78, 5) is 4.77. The van der Waals surface area contributed by atoms with Gasteiger partial charge < -0.3 is 9.80 Å². The maximum absolute atomic E-state index is 2.43. The standard InChI is InChI=1S/C54H34N2S3/c1-3-12-36(13-4-1)55(37-14-5-2-6-15-37)39-27-31-52-48(32-39)45-29-26-41(34-53(45)58-52)56(40-28-30-51-47(33-40)44-17-8-9-20-49(44)57-51)38-24-22-35(23-25-38)42-18-11-19-46-43-16-7-10-21-50(43)59-54(42)46/h1-34H. The molecule has 12 aromatic rings. The second-order valence-electron chi connectivity index (χ2n) is 14.9. The van der Waals surface area contributed by atoms with E-state index in [1.54, 1.807) is 0 Å². The highest BCUT2D eigenvalue weighted by atomic mass is 32.1. The maximum atomic E-state index is 2.43. The fourth-order valence-corrected chi connectivity index (χ4v) is 12.1. The van der Waals surface area contributed by atoms with Crippen molar-refractivity contribution in [3.05, 3.63) is 206 Å². The van der Waals surface area contributed by atoms with E-state index >= 15 is 0 Å². The first kappa shape index (κ1) is 34.3. The van der Waals surface area contributed by atoms with E-state index in [1.165, 1.54) is 71.6 Å². The summed E-state index contributed by atoms with van der Waals surface area (Å²) in [5.74, 6) is 0. The molecule has 0 aliphatic heterocycles. The normalized spacial score (nSPS) is 11.7. The lowest BCUT2D eigenvalue weighted by molar-refractivity contribution is 1.29. The number of fused-ring (bicyclic) bond motifs is 9. The van der Waals surface area contributed by atoms with Crippen molar-refractivity contribution >= 4 is 129 Å². The summed E-state index contributed by atoms with van der Waals surface area (Å²) in [6.07, 6.45) is 0. The lowest BCUT2D eigenvalue weighted by Gasteiger charge is -2.26. The first-order chi connectivity index (χ1) is 29.2. The zero-order valence-corrected chi connectivity index (χ0v) is 34.2. The number of hydrogen-bond donors (Lipinski definition) is 0. The predicted molar refractivity (Wildman–Crippen MR) is 260 cm³/mol. The van der Waals surface area contributed by atoms with Gasteiger partial charge in [0, 0.05) is 94.6 Å². The summed E-state index contributed by atoms with van der Waals surface area (Å²) in [5.41, 5.74) is 9.32. The quantitative estimate of drug-likeness (QED) is 0.158. The van der Waals surface area contributed by atoms with Crippen molar-refractivity contribution in [1.29, 1.82) is 0 Å². The summed E-state index contributed by atoms with van der Waals surface area (Å²) in [5, 5.41) is 7.77. The van der Waals surface area contributed by atoms with Gasteiger partial charge in [0.05, 0.1) is 0 Å². The van der Waals surface area contributed by atoms with Gasteiger partial charge in [-0.05, 0) is 108 Å². The molecular weight excluding hydrogens is 773 g/mol. The molecule has 2 nitrogen and oxygen atoms in total. The first-order valence-electron chi connectivity index (χ1n) is 19.8. The van der Waals surface area contributed by atoms with Gasteiger partial charge in [-0.1, -0.05) is 109 Å². The molecule has 0 saturated carbocycles. The van der Waals surface area contributed by atoms with E-state index in [-0.39, 0.29) is 0 Å². The minimum atomic E-state index is 1.13. The van der Waals surface area contributed by atoms with Crippen LogP contribution in [0.5, 0.6) is 0 Å². The van der Waals surface area contributed by atoms with Crippen molar-refractivity contribution in [2.75, 3.05) is 9.80 Å². The molecule has 12 rings (SSSR count). The second-order valence-corrected chi connectivity index (χ2v) is 18.1. The van der Waals surface area contributed by atoms with Gasteiger partial charge in [0.2, 0.25) is 0 Å². The molecule has 0 aliphatic rings. The zero-order chi connectivity index (χ0) is 38.9. The fourth-order valence-electron chi connectivity index (χ4n) is 8.70. The molecule has 0 atom stereocenters. The number of thiophene rings is 3. The summed E-state index contributed by atoms with van der Waals surface area (Å²) < 4.78 is 7.82. The van der Waals surface area contributed by atoms with E-state index in [0.717, 1.165) is 34.1 Å². The molecule has 0 amide bonds. The summed E-state index contributed by atoms with van der Waals surface area (Å²) in [6.45, 7) is 0. The molecule has 0 fully saturated rings. The molecule has 59 heavy (non-hydrogen) atoms. The third-order valence-electron chi connectivity index (χ3n) is 11.4. The first-order valence-corrected chi connectivity index (χ1v) is 22.3. The Hall–Kier alpha value is -6.76. The van der Waals surface area contributed by atoms with Crippen molar-refractivity contribution in [2.45, 2.75) is 0 Å². The van der Waals surface area contributed by atoms with Crippen LogP contribution in [0.15, 0.2) is 206 Å². The van der Waals surface area contributed by atoms with Crippen molar-refractivity contribution in [2.24, 2.45) is 0 Å². The number of nitrogens with zero attached hydrogens (tertiary/aromatic N) is 2. The zero-order valence-electron chi connectivity index (χ0n) is 31.7. The molecule has 0 unspecified atom stereocenters. The minimum Gasteiger partial charge on any atom is -0.310 e. The Morgan fingerprint density at radius 1 is 0.254 bits per heavy atom. The third-order valence-corrected chi connectivity index (χ3v) is 14.9. The van der Waals surface area contributed by atoms with Gasteiger partial charge in [-0.25, -0.2) is 0 Å². The Morgan fingerprint density at radius 2 is 0.695 bits per heavy atom. The number of para-hydroxylation sites is 2. The van der Waals surface area contributed by atoms with E-state index in [2.05, 4.69) is 216 Å². The summed E-state index contributed by atoms with van der Waals surface area (Å²) >= 11 is 5.60. The lowest BCUT2D eigenvalue weighted by Crippen LogP contribution is -2.09. The highest BCUT2D eigenvalue weighted by Crippen LogP contribution is 2.46. The number of benzene rings is 9. The molecule has 0 spiro atoms. The van der Waals surface area contributed by atoms with Crippen LogP contribution in [-0.2, 0) is 0 Å². The highest BCUT2D eigenvalue weighted by molar-refractivity contribution is 7.26. The van der Waals surface area contributed by atoms with E-state index in [4.69, 9.17) is 0 Å². The molecule has 9 aromatic carbocycles. The van der Waals surface area contributed by atoms with Crippen molar-refractivity contribution in [3.8, 4) is 11.1 Å². The molecule has 3 aromatic heterocycles. The van der Waals surface area contributed by atoms with Gasteiger partial charge in [0.1, 0.15) is 0 Å². The number of rotatable bonds is 7. The Morgan fingerprint density at radius 3 is 1.36 bits per heavy atom. The van der Waals surface area contributed by atoms with Crippen molar-refractivity contribution in [3.63, 3.8) is 0 Å². The van der Waals surface area contributed by atoms with E-state index in [0.29, 0.717) is 0 Å². The Labute approximate surface area is 353 Å².